The van der Waals surface area contributed by atoms with E-state index in [4.69, 9.17) is 5.73 Å². The zero-order valence-corrected chi connectivity index (χ0v) is 16.3. The molecule has 0 bridgehead atoms. The lowest BCUT2D eigenvalue weighted by atomic mass is 10.1. The fourth-order valence-corrected chi connectivity index (χ4v) is 3.88. The van der Waals surface area contributed by atoms with Crippen molar-refractivity contribution in [2.24, 2.45) is 5.73 Å². The lowest BCUT2D eigenvalue weighted by molar-refractivity contribution is -0.119. The van der Waals surface area contributed by atoms with Crippen LogP contribution in [0.4, 0.5) is 0 Å². The van der Waals surface area contributed by atoms with Crippen LogP contribution in [0.5, 0.6) is 0 Å². The predicted molar refractivity (Wildman–Crippen MR) is 106 cm³/mol. The van der Waals surface area contributed by atoms with Crippen molar-refractivity contribution >= 4 is 34.9 Å². The standard InChI is InChI=1S/C18H19N5O2S2/c1-12-4-2-5-13(8-12)17-21-22-18(23(17)10-15(19)24)27-11-16(25)20-9-14-6-3-7-26-14/h2-8H,9-11H2,1H3,(H2,19,24)(H,20,25). The van der Waals surface area contributed by atoms with Gasteiger partial charge in [0.25, 0.3) is 0 Å². The Hall–Kier alpha value is -2.65. The summed E-state index contributed by atoms with van der Waals surface area (Å²) in [7, 11) is 0. The molecule has 0 fully saturated rings. The van der Waals surface area contributed by atoms with Crippen LogP contribution >= 0.6 is 23.1 Å². The summed E-state index contributed by atoms with van der Waals surface area (Å²) >= 11 is 2.82. The maximum Gasteiger partial charge on any atom is 0.237 e. The van der Waals surface area contributed by atoms with E-state index in [0.29, 0.717) is 17.5 Å². The van der Waals surface area contributed by atoms with Gasteiger partial charge in [0.1, 0.15) is 6.54 Å². The molecule has 0 spiro atoms. The van der Waals surface area contributed by atoms with E-state index in [1.54, 1.807) is 15.9 Å². The zero-order chi connectivity index (χ0) is 19.2. The first-order chi connectivity index (χ1) is 13.0. The number of thiophene rings is 1. The van der Waals surface area contributed by atoms with Gasteiger partial charge in [0, 0.05) is 10.4 Å². The molecular formula is C18H19N5O2S2. The molecule has 140 valence electrons. The van der Waals surface area contributed by atoms with Crippen molar-refractivity contribution in [2.45, 2.75) is 25.2 Å². The number of carbonyl (C=O) groups excluding carboxylic acids is 2. The molecule has 9 heteroatoms. The summed E-state index contributed by atoms with van der Waals surface area (Å²) in [5.74, 6) is 0.127. The van der Waals surface area contributed by atoms with Crippen LogP contribution < -0.4 is 11.1 Å². The second-order valence-corrected chi connectivity index (χ2v) is 7.85. The topological polar surface area (TPSA) is 103 Å². The van der Waals surface area contributed by atoms with Gasteiger partial charge in [-0.15, -0.1) is 21.5 Å². The molecule has 0 aliphatic heterocycles. The van der Waals surface area contributed by atoms with Gasteiger partial charge in [-0.3, -0.25) is 14.2 Å². The molecule has 0 aliphatic carbocycles. The number of rotatable bonds is 8. The van der Waals surface area contributed by atoms with Crippen LogP contribution in [0.25, 0.3) is 11.4 Å². The number of hydrogen-bond acceptors (Lipinski definition) is 6. The number of aromatic nitrogens is 3. The Labute approximate surface area is 165 Å². The normalized spacial score (nSPS) is 10.7. The summed E-state index contributed by atoms with van der Waals surface area (Å²) in [5, 5.41) is 13.7. The lowest BCUT2D eigenvalue weighted by Crippen LogP contribution is -2.24. The zero-order valence-electron chi connectivity index (χ0n) is 14.7. The van der Waals surface area contributed by atoms with Crippen LogP contribution in [-0.2, 0) is 22.7 Å². The highest BCUT2D eigenvalue weighted by Crippen LogP contribution is 2.24. The van der Waals surface area contributed by atoms with Gasteiger partial charge in [0.2, 0.25) is 11.8 Å². The largest absolute Gasteiger partial charge is 0.368 e. The van der Waals surface area contributed by atoms with E-state index in [-0.39, 0.29) is 18.2 Å². The van der Waals surface area contributed by atoms with Crippen molar-refractivity contribution in [1.82, 2.24) is 20.1 Å². The number of amides is 2. The number of benzene rings is 1. The van der Waals surface area contributed by atoms with Crippen LogP contribution in [0.1, 0.15) is 10.4 Å². The van der Waals surface area contributed by atoms with Gasteiger partial charge in [-0.25, -0.2) is 0 Å². The molecule has 0 radical (unpaired) electrons. The quantitative estimate of drug-likeness (QED) is 0.563. The molecule has 0 unspecified atom stereocenters. The third-order valence-electron chi connectivity index (χ3n) is 3.68. The molecule has 3 rings (SSSR count). The van der Waals surface area contributed by atoms with E-state index < -0.39 is 5.91 Å². The monoisotopic (exact) mass is 401 g/mol. The Morgan fingerprint density at radius 2 is 2.11 bits per heavy atom. The number of carbonyl (C=O) groups is 2. The van der Waals surface area contributed by atoms with Gasteiger partial charge >= 0.3 is 0 Å². The minimum absolute atomic E-state index is 0.0462. The SMILES string of the molecule is Cc1cccc(-c2nnc(SCC(=O)NCc3cccs3)n2CC(N)=O)c1. The number of nitrogens with one attached hydrogen (secondary N) is 1. The summed E-state index contributed by atoms with van der Waals surface area (Å²) in [6.07, 6.45) is 0. The van der Waals surface area contributed by atoms with Crippen LogP contribution in [0, 0.1) is 6.92 Å². The smallest absolute Gasteiger partial charge is 0.237 e. The molecule has 2 amide bonds. The molecule has 2 heterocycles. The first-order valence-corrected chi connectivity index (χ1v) is 10.1. The Morgan fingerprint density at radius 1 is 1.26 bits per heavy atom. The van der Waals surface area contributed by atoms with Crippen molar-refractivity contribution in [1.29, 1.82) is 0 Å². The van der Waals surface area contributed by atoms with Crippen LogP contribution in [-0.4, -0.2) is 32.3 Å². The third kappa shape index (κ3) is 5.18. The predicted octanol–water partition coefficient (Wildman–Crippen LogP) is 2.21. The van der Waals surface area contributed by atoms with E-state index in [1.165, 1.54) is 11.8 Å². The summed E-state index contributed by atoms with van der Waals surface area (Å²) in [6.45, 7) is 2.43. The van der Waals surface area contributed by atoms with Crippen molar-refractivity contribution in [2.75, 3.05) is 5.75 Å². The minimum atomic E-state index is -0.493. The van der Waals surface area contributed by atoms with Gasteiger partial charge in [0.15, 0.2) is 11.0 Å². The molecular weight excluding hydrogens is 382 g/mol. The third-order valence-corrected chi connectivity index (χ3v) is 5.52. The molecule has 1 aromatic carbocycles. The maximum atomic E-state index is 12.1. The minimum Gasteiger partial charge on any atom is -0.368 e. The van der Waals surface area contributed by atoms with Crippen LogP contribution in [0.3, 0.4) is 0 Å². The average molecular weight is 402 g/mol. The van der Waals surface area contributed by atoms with Crippen molar-refractivity contribution in [3.8, 4) is 11.4 Å². The molecule has 0 aliphatic rings. The highest BCUT2D eigenvalue weighted by atomic mass is 32.2. The van der Waals surface area contributed by atoms with Gasteiger partial charge < -0.3 is 11.1 Å². The summed E-state index contributed by atoms with van der Waals surface area (Å²) in [4.78, 5) is 24.7. The fourth-order valence-electron chi connectivity index (χ4n) is 2.47. The molecule has 0 saturated carbocycles. The number of hydrogen-bond donors (Lipinski definition) is 2. The molecule has 2 aromatic heterocycles. The van der Waals surface area contributed by atoms with Crippen LogP contribution in [0.2, 0.25) is 0 Å². The summed E-state index contributed by atoms with van der Waals surface area (Å²) in [6, 6.07) is 11.7. The molecule has 0 saturated heterocycles. The number of thioether (sulfide) groups is 1. The van der Waals surface area contributed by atoms with E-state index in [2.05, 4.69) is 15.5 Å². The first kappa shape index (κ1) is 19.1. The molecule has 3 N–H and O–H groups in total. The van der Waals surface area contributed by atoms with Gasteiger partial charge in [0.05, 0.1) is 12.3 Å². The number of primary amides is 1. The van der Waals surface area contributed by atoms with Gasteiger partial charge in [-0.2, -0.15) is 0 Å². The highest BCUT2D eigenvalue weighted by molar-refractivity contribution is 7.99. The lowest BCUT2D eigenvalue weighted by Gasteiger charge is -2.09. The molecule has 27 heavy (non-hydrogen) atoms. The Kier molecular flexibility index (Phi) is 6.25. The van der Waals surface area contributed by atoms with Gasteiger partial charge in [-0.05, 0) is 24.4 Å². The van der Waals surface area contributed by atoms with E-state index in [0.717, 1.165) is 16.0 Å². The van der Waals surface area contributed by atoms with Crippen LogP contribution in [0.15, 0.2) is 46.9 Å². The molecule has 3 aromatic rings. The van der Waals surface area contributed by atoms with Gasteiger partial charge in [-0.1, -0.05) is 41.6 Å². The Morgan fingerprint density at radius 3 is 2.81 bits per heavy atom. The molecule has 7 nitrogen and oxygen atoms in total. The number of aryl methyl sites for hydroxylation is 1. The fraction of sp³-hybridized carbons (Fsp3) is 0.222. The summed E-state index contributed by atoms with van der Waals surface area (Å²) < 4.78 is 1.65. The van der Waals surface area contributed by atoms with E-state index in [1.807, 2.05) is 48.7 Å². The second kappa shape index (κ2) is 8.83. The number of nitrogens with two attached hydrogens (primary N) is 1. The van der Waals surface area contributed by atoms with E-state index in [9.17, 15) is 9.59 Å². The van der Waals surface area contributed by atoms with Crippen molar-refractivity contribution in [3.05, 3.63) is 52.2 Å². The van der Waals surface area contributed by atoms with E-state index >= 15 is 0 Å². The first-order valence-electron chi connectivity index (χ1n) is 8.23. The average Bonchev–Trinajstić information content (AvgIpc) is 3.28. The van der Waals surface area contributed by atoms with Crippen molar-refractivity contribution in [3.63, 3.8) is 0 Å². The summed E-state index contributed by atoms with van der Waals surface area (Å²) in [5.41, 5.74) is 7.30. The van der Waals surface area contributed by atoms with Crippen molar-refractivity contribution < 1.29 is 9.59 Å². The maximum absolute atomic E-state index is 12.1. The highest BCUT2D eigenvalue weighted by Gasteiger charge is 2.17. The second-order valence-electron chi connectivity index (χ2n) is 5.87. The molecule has 0 atom stereocenters. The Bertz CT molecular complexity index is 937. The Balaban J connectivity index is 1.71. The number of nitrogens with zero attached hydrogens (tertiary/aromatic N) is 3.